The van der Waals surface area contributed by atoms with Crippen molar-refractivity contribution in [1.82, 2.24) is 9.97 Å². The SMILES string of the molecule is O=C(O)c1nc(C2CCCc3ccccc32)ncc1Cl. The fraction of sp³-hybridized carbons (Fsp3) is 0.267. The summed E-state index contributed by atoms with van der Waals surface area (Å²) in [5, 5.41) is 9.18. The van der Waals surface area contributed by atoms with E-state index in [0.29, 0.717) is 5.82 Å². The average molecular weight is 289 g/mol. The molecular weight excluding hydrogens is 276 g/mol. The molecule has 1 aliphatic rings. The van der Waals surface area contributed by atoms with E-state index in [-0.39, 0.29) is 16.6 Å². The van der Waals surface area contributed by atoms with Crippen LogP contribution in [0.5, 0.6) is 0 Å². The maximum Gasteiger partial charge on any atom is 0.356 e. The molecule has 1 atom stereocenters. The minimum Gasteiger partial charge on any atom is -0.476 e. The normalized spacial score (nSPS) is 17.6. The first-order chi connectivity index (χ1) is 9.66. The molecule has 102 valence electrons. The van der Waals surface area contributed by atoms with Crippen molar-refractivity contribution in [2.75, 3.05) is 0 Å². The van der Waals surface area contributed by atoms with Crippen LogP contribution in [0.4, 0.5) is 0 Å². The van der Waals surface area contributed by atoms with Crippen molar-refractivity contribution in [2.45, 2.75) is 25.2 Å². The summed E-state index contributed by atoms with van der Waals surface area (Å²) in [6.45, 7) is 0. The van der Waals surface area contributed by atoms with Crippen molar-refractivity contribution >= 4 is 17.6 Å². The molecule has 5 heteroatoms. The number of hydrogen-bond acceptors (Lipinski definition) is 3. The molecule has 3 rings (SSSR count). The van der Waals surface area contributed by atoms with E-state index in [1.165, 1.54) is 17.3 Å². The lowest BCUT2D eigenvalue weighted by atomic mass is 9.82. The Morgan fingerprint density at radius 2 is 2.15 bits per heavy atom. The molecule has 20 heavy (non-hydrogen) atoms. The smallest absolute Gasteiger partial charge is 0.356 e. The molecule has 0 fully saturated rings. The number of aromatic carboxylic acids is 1. The molecule has 1 N–H and O–H groups in total. The first-order valence-electron chi connectivity index (χ1n) is 6.50. The van der Waals surface area contributed by atoms with Gasteiger partial charge in [0.25, 0.3) is 0 Å². The molecule has 1 aromatic carbocycles. The molecule has 4 nitrogen and oxygen atoms in total. The summed E-state index contributed by atoms with van der Waals surface area (Å²) in [5.74, 6) is -0.531. The van der Waals surface area contributed by atoms with Gasteiger partial charge in [0.15, 0.2) is 5.69 Å². The van der Waals surface area contributed by atoms with Gasteiger partial charge in [-0.1, -0.05) is 35.9 Å². The minimum absolute atomic E-state index is 0.0512. The van der Waals surface area contributed by atoms with Crippen molar-refractivity contribution in [1.29, 1.82) is 0 Å². The number of benzene rings is 1. The molecule has 0 aliphatic heterocycles. The van der Waals surface area contributed by atoms with Crippen LogP contribution in [0.25, 0.3) is 0 Å². The van der Waals surface area contributed by atoms with Gasteiger partial charge < -0.3 is 5.11 Å². The second-order valence-corrected chi connectivity index (χ2v) is 5.28. The van der Waals surface area contributed by atoms with E-state index in [1.54, 1.807) is 0 Å². The second kappa shape index (κ2) is 5.21. The van der Waals surface area contributed by atoms with Gasteiger partial charge in [0.1, 0.15) is 5.82 Å². The van der Waals surface area contributed by atoms with E-state index >= 15 is 0 Å². The fourth-order valence-corrected chi connectivity index (χ4v) is 2.89. The molecule has 0 saturated heterocycles. The molecule has 0 radical (unpaired) electrons. The Morgan fingerprint density at radius 3 is 2.95 bits per heavy atom. The number of carboxylic acid groups (broad SMARTS) is 1. The lowest BCUT2D eigenvalue weighted by Crippen LogP contribution is -2.15. The van der Waals surface area contributed by atoms with Crippen LogP contribution in [0.2, 0.25) is 5.02 Å². The van der Waals surface area contributed by atoms with Crippen LogP contribution in [0.15, 0.2) is 30.5 Å². The van der Waals surface area contributed by atoms with Crippen molar-refractivity contribution in [3.63, 3.8) is 0 Å². The van der Waals surface area contributed by atoms with Gasteiger partial charge in [0.05, 0.1) is 11.2 Å². The summed E-state index contributed by atoms with van der Waals surface area (Å²) in [7, 11) is 0. The Balaban J connectivity index is 2.07. The summed E-state index contributed by atoms with van der Waals surface area (Å²) in [6, 6.07) is 8.19. The van der Waals surface area contributed by atoms with E-state index in [1.807, 2.05) is 12.1 Å². The number of halogens is 1. The molecule has 0 spiro atoms. The molecule has 1 aromatic heterocycles. The van der Waals surface area contributed by atoms with E-state index in [4.69, 9.17) is 16.7 Å². The van der Waals surface area contributed by atoms with Gasteiger partial charge in [0, 0.05) is 5.92 Å². The van der Waals surface area contributed by atoms with Gasteiger partial charge in [0.2, 0.25) is 0 Å². The Hall–Kier alpha value is -1.94. The minimum atomic E-state index is -1.12. The number of aromatic nitrogens is 2. The molecular formula is C15H13ClN2O2. The van der Waals surface area contributed by atoms with Gasteiger partial charge >= 0.3 is 5.97 Å². The van der Waals surface area contributed by atoms with Gasteiger partial charge in [-0.05, 0) is 30.4 Å². The lowest BCUT2D eigenvalue weighted by Gasteiger charge is -2.24. The third-order valence-electron chi connectivity index (χ3n) is 3.65. The van der Waals surface area contributed by atoms with E-state index in [0.717, 1.165) is 19.3 Å². The lowest BCUT2D eigenvalue weighted by molar-refractivity contribution is 0.0690. The zero-order valence-corrected chi connectivity index (χ0v) is 11.5. The predicted molar refractivity (Wildman–Crippen MR) is 75.2 cm³/mol. The number of fused-ring (bicyclic) bond motifs is 1. The van der Waals surface area contributed by atoms with E-state index in [9.17, 15) is 4.79 Å². The van der Waals surface area contributed by atoms with E-state index in [2.05, 4.69) is 22.1 Å². The Kier molecular flexibility index (Phi) is 3.40. The first-order valence-corrected chi connectivity index (χ1v) is 6.88. The quantitative estimate of drug-likeness (QED) is 0.921. The molecule has 2 aromatic rings. The molecule has 0 saturated carbocycles. The highest BCUT2D eigenvalue weighted by molar-refractivity contribution is 6.33. The molecule has 1 unspecified atom stereocenters. The maximum atomic E-state index is 11.1. The third kappa shape index (κ3) is 2.27. The Morgan fingerprint density at radius 1 is 1.35 bits per heavy atom. The Labute approximate surface area is 121 Å². The molecule has 1 aliphatic carbocycles. The standard InChI is InChI=1S/C15H13ClN2O2/c16-12-8-17-14(18-13(12)15(19)20)11-7-3-5-9-4-1-2-6-10(9)11/h1-2,4,6,8,11H,3,5,7H2,(H,19,20). The number of hydrogen-bond donors (Lipinski definition) is 1. The summed E-state index contributed by atoms with van der Waals surface area (Å²) in [5.41, 5.74) is 2.36. The number of carboxylic acids is 1. The van der Waals surface area contributed by atoms with Crippen molar-refractivity contribution in [3.05, 3.63) is 58.1 Å². The summed E-state index contributed by atoms with van der Waals surface area (Å²) < 4.78 is 0. The predicted octanol–water partition coefficient (Wildman–Crippen LogP) is 3.30. The third-order valence-corrected chi connectivity index (χ3v) is 3.92. The number of nitrogens with zero attached hydrogens (tertiary/aromatic N) is 2. The van der Waals surface area contributed by atoms with Crippen LogP contribution in [0.1, 0.15) is 46.2 Å². The zero-order chi connectivity index (χ0) is 14.1. The van der Waals surface area contributed by atoms with Crippen LogP contribution >= 0.6 is 11.6 Å². The fourth-order valence-electron chi connectivity index (χ4n) is 2.72. The van der Waals surface area contributed by atoms with E-state index < -0.39 is 5.97 Å². The molecule has 1 heterocycles. The van der Waals surface area contributed by atoms with Gasteiger partial charge in [-0.3, -0.25) is 0 Å². The van der Waals surface area contributed by atoms with Gasteiger partial charge in [-0.15, -0.1) is 0 Å². The first kappa shape index (κ1) is 13.1. The maximum absolute atomic E-state index is 11.1. The zero-order valence-electron chi connectivity index (χ0n) is 10.7. The summed E-state index contributed by atoms with van der Waals surface area (Å²) in [4.78, 5) is 19.5. The van der Waals surface area contributed by atoms with Crippen molar-refractivity contribution < 1.29 is 9.90 Å². The molecule has 0 amide bonds. The van der Waals surface area contributed by atoms with Crippen LogP contribution in [-0.2, 0) is 6.42 Å². The Bertz CT molecular complexity index is 673. The topological polar surface area (TPSA) is 63.1 Å². The monoisotopic (exact) mass is 288 g/mol. The van der Waals surface area contributed by atoms with Crippen LogP contribution < -0.4 is 0 Å². The molecule has 0 bridgehead atoms. The highest BCUT2D eigenvalue weighted by Gasteiger charge is 2.25. The largest absolute Gasteiger partial charge is 0.476 e. The average Bonchev–Trinajstić information content (AvgIpc) is 2.47. The second-order valence-electron chi connectivity index (χ2n) is 4.87. The number of aryl methyl sites for hydroxylation is 1. The van der Waals surface area contributed by atoms with Crippen LogP contribution in [0.3, 0.4) is 0 Å². The number of carbonyl (C=O) groups is 1. The van der Waals surface area contributed by atoms with Crippen LogP contribution in [-0.4, -0.2) is 21.0 Å². The van der Waals surface area contributed by atoms with Crippen LogP contribution in [0, 0.1) is 0 Å². The summed E-state index contributed by atoms with van der Waals surface area (Å²) >= 11 is 5.82. The highest BCUT2D eigenvalue weighted by atomic mass is 35.5. The number of rotatable bonds is 2. The van der Waals surface area contributed by atoms with Crippen molar-refractivity contribution in [2.24, 2.45) is 0 Å². The van der Waals surface area contributed by atoms with Gasteiger partial charge in [-0.2, -0.15) is 0 Å². The highest BCUT2D eigenvalue weighted by Crippen LogP contribution is 2.35. The van der Waals surface area contributed by atoms with Crippen molar-refractivity contribution in [3.8, 4) is 0 Å². The summed E-state index contributed by atoms with van der Waals surface area (Å²) in [6.07, 6.45) is 4.41. The van der Waals surface area contributed by atoms with Gasteiger partial charge in [-0.25, -0.2) is 14.8 Å².